The van der Waals surface area contributed by atoms with Crippen molar-refractivity contribution in [1.29, 1.82) is 0 Å². The third-order valence-corrected chi connectivity index (χ3v) is 5.89. The summed E-state index contributed by atoms with van der Waals surface area (Å²) in [6, 6.07) is 15.5. The molecule has 150 valence electrons. The predicted octanol–water partition coefficient (Wildman–Crippen LogP) is 2.08. The van der Waals surface area contributed by atoms with Crippen LogP contribution in [0, 0.1) is 11.8 Å². The lowest BCUT2D eigenvalue weighted by molar-refractivity contribution is -0.151. The van der Waals surface area contributed by atoms with Crippen LogP contribution in [0.5, 0.6) is 5.75 Å². The molecule has 0 unspecified atom stereocenters. The molecule has 2 aliphatic rings. The molecule has 4 rings (SSSR count). The van der Waals surface area contributed by atoms with Crippen LogP contribution in [0.3, 0.4) is 0 Å². The van der Waals surface area contributed by atoms with Gasteiger partial charge in [-0.3, -0.25) is 19.7 Å². The lowest BCUT2D eigenvalue weighted by atomic mass is 9.80. The number of carbonyl (C=O) groups is 3. The standard InChI is InChI=1S/C22H22N2O5/c1-22(21(27)29-3)17-16(18(23-22)14-11-7-8-12-15(14)28-2)19(25)24(20(17)26)13-9-5-4-6-10-13/h4-12,16-18,23H,1-3H3/t16-,17-,18-,22+/m0/s1. The van der Waals surface area contributed by atoms with E-state index in [1.54, 1.807) is 44.4 Å². The number of ether oxygens (including phenoxy) is 2. The number of hydrogen-bond donors (Lipinski definition) is 1. The van der Waals surface area contributed by atoms with Crippen molar-refractivity contribution >= 4 is 23.5 Å². The zero-order chi connectivity index (χ0) is 20.8. The normalized spacial score (nSPS) is 28.4. The Balaban J connectivity index is 1.86. The fraction of sp³-hybridized carbons (Fsp3) is 0.318. The molecule has 7 nitrogen and oxygen atoms in total. The largest absolute Gasteiger partial charge is 0.496 e. The zero-order valence-corrected chi connectivity index (χ0v) is 16.4. The van der Waals surface area contributed by atoms with Gasteiger partial charge in [0.1, 0.15) is 11.3 Å². The Hall–Kier alpha value is -3.19. The van der Waals surface area contributed by atoms with Crippen LogP contribution in [0.25, 0.3) is 0 Å². The molecular weight excluding hydrogens is 372 g/mol. The first-order valence-corrected chi connectivity index (χ1v) is 9.36. The number of esters is 1. The molecule has 29 heavy (non-hydrogen) atoms. The fourth-order valence-electron chi connectivity index (χ4n) is 4.56. The van der Waals surface area contributed by atoms with Gasteiger partial charge in [0.2, 0.25) is 11.8 Å². The summed E-state index contributed by atoms with van der Waals surface area (Å²) in [4.78, 5) is 40.7. The number of anilines is 1. The van der Waals surface area contributed by atoms with Gasteiger partial charge < -0.3 is 9.47 Å². The number of rotatable bonds is 4. The van der Waals surface area contributed by atoms with Crippen LogP contribution in [0.2, 0.25) is 0 Å². The second-order valence-electron chi connectivity index (χ2n) is 7.41. The minimum absolute atomic E-state index is 0.345. The van der Waals surface area contributed by atoms with Crippen molar-refractivity contribution in [2.45, 2.75) is 18.5 Å². The van der Waals surface area contributed by atoms with Crippen molar-refractivity contribution in [3.8, 4) is 5.75 Å². The maximum absolute atomic E-state index is 13.5. The highest BCUT2D eigenvalue weighted by atomic mass is 16.5. The molecule has 2 aromatic rings. The van der Waals surface area contributed by atoms with Crippen LogP contribution in [0.4, 0.5) is 5.69 Å². The van der Waals surface area contributed by atoms with Gasteiger partial charge in [0.25, 0.3) is 0 Å². The summed E-state index contributed by atoms with van der Waals surface area (Å²) in [6.45, 7) is 1.62. The molecule has 1 N–H and O–H groups in total. The average molecular weight is 394 g/mol. The number of imide groups is 1. The van der Waals surface area contributed by atoms with Gasteiger partial charge in [-0.05, 0) is 25.1 Å². The van der Waals surface area contributed by atoms with Crippen LogP contribution in [-0.4, -0.2) is 37.5 Å². The van der Waals surface area contributed by atoms with Crippen LogP contribution in [0.1, 0.15) is 18.5 Å². The molecule has 0 bridgehead atoms. The first kappa shape index (κ1) is 19.1. The van der Waals surface area contributed by atoms with Gasteiger partial charge in [-0.15, -0.1) is 0 Å². The average Bonchev–Trinajstić information content (AvgIpc) is 3.21. The van der Waals surface area contributed by atoms with Crippen LogP contribution < -0.4 is 15.0 Å². The van der Waals surface area contributed by atoms with Gasteiger partial charge in [0, 0.05) is 11.6 Å². The van der Waals surface area contributed by atoms with E-state index < -0.39 is 35.3 Å². The van der Waals surface area contributed by atoms with Crippen molar-refractivity contribution in [2.24, 2.45) is 11.8 Å². The van der Waals surface area contributed by atoms with Crippen molar-refractivity contribution in [3.05, 3.63) is 60.2 Å². The lowest BCUT2D eigenvalue weighted by Crippen LogP contribution is -2.54. The topological polar surface area (TPSA) is 84.9 Å². The summed E-state index contributed by atoms with van der Waals surface area (Å²) < 4.78 is 10.5. The smallest absolute Gasteiger partial charge is 0.326 e. The highest BCUT2D eigenvalue weighted by molar-refractivity contribution is 6.24. The highest BCUT2D eigenvalue weighted by Gasteiger charge is 2.67. The Morgan fingerprint density at radius 3 is 2.31 bits per heavy atom. The molecule has 2 amide bonds. The van der Waals surface area contributed by atoms with Gasteiger partial charge in [0.05, 0.1) is 31.7 Å². The molecule has 0 saturated carbocycles. The number of nitrogens with zero attached hydrogens (tertiary/aromatic N) is 1. The predicted molar refractivity (Wildman–Crippen MR) is 105 cm³/mol. The van der Waals surface area contributed by atoms with Gasteiger partial charge in [-0.1, -0.05) is 36.4 Å². The summed E-state index contributed by atoms with van der Waals surface area (Å²) in [5.74, 6) is -2.41. The monoisotopic (exact) mass is 394 g/mol. The Morgan fingerprint density at radius 1 is 1.00 bits per heavy atom. The SMILES string of the molecule is COC(=O)[C@]1(C)N[C@@H](c2ccccc2OC)[C@H]2C(=O)N(c3ccccc3)C(=O)[C@H]21. The number of benzene rings is 2. The summed E-state index contributed by atoms with van der Waals surface area (Å²) in [7, 11) is 2.82. The first-order valence-electron chi connectivity index (χ1n) is 9.36. The molecular formula is C22H22N2O5. The highest BCUT2D eigenvalue weighted by Crippen LogP contribution is 2.51. The van der Waals surface area contributed by atoms with E-state index in [1.165, 1.54) is 12.0 Å². The molecule has 0 spiro atoms. The number of para-hydroxylation sites is 2. The molecule has 2 aromatic carbocycles. The molecule has 0 aromatic heterocycles. The van der Waals surface area contributed by atoms with E-state index >= 15 is 0 Å². The molecule has 4 atom stereocenters. The first-order chi connectivity index (χ1) is 13.9. The van der Waals surface area contributed by atoms with Gasteiger partial charge in [-0.25, -0.2) is 4.90 Å². The van der Waals surface area contributed by atoms with Gasteiger partial charge in [0.15, 0.2) is 0 Å². The number of carbonyl (C=O) groups excluding carboxylic acids is 3. The minimum Gasteiger partial charge on any atom is -0.496 e. The molecule has 2 heterocycles. The molecule has 2 fully saturated rings. The zero-order valence-electron chi connectivity index (χ0n) is 16.4. The molecule has 7 heteroatoms. The van der Waals surface area contributed by atoms with Crippen molar-refractivity contribution in [1.82, 2.24) is 5.32 Å². The van der Waals surface area contributed by atoms with Crippen molar-refractivity contribution in [3.63, 3.8) is 0 Å². The second-order valence-corrected chi connectivity index (χ2v) is 7.41. The Kier molecular flexibility index (Phi) is 4.62. The number of amides is 2. The van der Waals surface area contributed by atoms with E-state index in [9.17, 15) is 14.4 Å². The maximum Gasteiger partial charge on any atom is 0.326 e. The Morgan fingerprint density at radius 2 is 1.66 bits per heavy atom. The van der Waals surface area contributed by atoms with Crippen molar-refractivity contribution in [2.75, 3.05) is 19.1 Å². The summed E-state index contributed by atoms with van der Waals surface area (Å²) in [5.41, 5.74) is -0.141. The third-order valence-electron chi connectivity index (χ3n) is 5.89. The fourth-order valence-corrected chi connectivity index (χ4v) is 4.56. The molecule has 0 aliphatic carbocycles. The number of methoxy groups -OCH3 is 2. The van der Waals surface area contributed by atoms with E-state index in [1.807, 2.05) is 24.3 Å². The van der Waals surface area contributed by atoms with E-state index in [2.05, 4.69) is 5.32 Å². The molecule has 2 saturated heterocycles. The number of hydrogen-bond acceptors (Lipinski definition) is 6. The molecule has 2 aliphatic heterocycles. The molecule has 0 radical (unpaired) electrons. The Bertz CT molecular complexity index is 976. The Labute approximate surface area is 168 Å². The van der Waals surface area contributed by atoms with Crippen LogP contribution in [0.15, 0.2) is 54.6 Å². The van der Waals surface area contributed by atoms with E-state index in [-0.39, 0.29) is 5.91 Å². The third kappa shape index (κ3) is 2.73. The number of nitrogens with one attached hydrogen (secondary N) is 1. The van der Waals surface area contributed by atoms with Gasteiger partial charge >= 0.3 is 5.97 Å². The van der Waals surface area contributed by atoms with Crippen LogP contribution in [-0.2, 0) is 19.1 Å². The summed E-state index contributed by atoms with van der Waals surface area (Å²) in [5, 5.41) is 3.22. The van der Waals surface area contributed by atoms with E-state index in [4.69, 9.17) is 9.47 Å². The van der Waals surface area contributed by atoms with Crippen LogP contribution >= 0.6 is 0 Å². The van der Waals surface area contributed by atoms with Crippen molar-refractivity contribution < 1.29 is 23.9 Å². The maximum atomic E-state index is 13.5. The lowest BCUT2D eigenvalue weighted by Gasteiger charge is -2.29. The van der Waals surface area contributed by atoms with E-state index in [0.717, 1.165) is 0 Å². The summed E-state index contributed by atoms with van der Waals surface area (Å²) >= 11 is 0. The summed E-state index contributed by atoms with van der Waals surface area (Å²) in [6.07, 6.45) is 0. The minimum atomic E-state index is -1.35. The van der Waals surface area contributed by atoms with Gasteiger partial charge in [-0.2, -0.15) is 0 Å². The quantitative estimate of drug-likeness (QED) is 0.631. The second kappa shape index (κ2) is 7.00. The van der Waals surface area contributed by atoms with E-state index in [0.29, 0.717) is 17.0 Å². The number of fused-ring (bicyclic) bond motifs is 1.